The predicted molar refractivity (Wildman–Crippen MR) is 75.8 cm³/mol. The van der Waals surface area contributed by atoms with E-state index in [2.05, 4.69) is 9.44 Å². The van der Waals surface area contributed by atoms with Crippen molar-refractivity contribution < 1.29 is 8.42 Å². The molecule has 102 valence electrons. The fraction of sp³-hybridized carbons (Fsp3) is 0.500. The van der Waals surface area contributed by atoms with Crippen LogP contribution in [-0.4, -0.2) is 14.0 Å². The first-order valence-corrected chi connectivity index (χ1v) is 7.17. The fourth-order valence-corrected chi connectivity index (χ4v) is 2.92. The molecule has 0 spiro atoms. The molecule has 1 rings (SSSR count). The highest BCUT2D eigenvalue weighted by Crippen LogP contribution is 2.25. The predicted octanol–water partition coefficient (Wildman–Crippen LogP) is 1.93. The van der Waals surface area contributed by atoms with Gasteiger partial charge in [-0.1, -0.05) is 6.07 Å². The maximum atomic E-state index is 11.9. The zero-order valence-corrected chi connectivity index (χ0v) is 12.3. The summed E-state index contributed by atoms with van der Waals surface area (Å²) < 4.78 is 28.8. The number of nitrogens with two attached hydrogens (primary N) is 1. The molecule has 0 aromatic heterocycles. The highest BCUT2D eigenvalue weighted by atomic mass is 32.2. The van der Waals surface area contributed by atoms with E-state index in [1.807, 2.05) is 6.92 Å². The minimum absolute atomic E-state index is 0.495. The van der Waals surface area contributed by atoms with Gasteiger partial charge in [0, 0.05) is 11.2 Å². The third-order valence-corrected chi connectivity index (χ3v) is 3.79. The van der Waals surface area contributed by atoms with Crippen LogP contribution in [0.4, 0.5) is 11.4 Å². The van der Waals surface area contributed by atoms with Gasteiger partial charge >= 0.3 is 0 Å². The van der Waals surface area contributed by atoms with Gasteiger partial charge in [0.2, 0.25) is 0 Å². The number of benzene rings is 1. The van der Waals surface area contributed by atoms with Crippen molar-refractivity contribution in [3.05, 3.63) is 23.3 Å². The average Bonchev–Trinajstić information content (AvgIpc) is 2.15. The Hall–Kier alpha value is -1.27. The monoisotopic (exact) mass is 271 g/mol. The highest BCUT2D eigenvalue weighted by molar-refractivity contribution is 7.90. The van der Waals surface area contributed by atoms with Crippen LogP contribution in [0.3, 0.4) is 0 Å². The Morgan fingerprint density at radius 1 is 1.17 bits per heavy atom. The molecule has 5 nitrogen and oxygen atoms in total. The number of nitrogens with one attached hydrogen (secondary N) is 2. The first kappa shape index (κ1) is 14.8. The normalized spacial score (nSPS) is 12.5. The lowest BCUT2D eigenvalue weighted by molar-refractivity contribution is 0.494. The standard InChI is InChI=1S/C12H21N3O2S/c1-8-6-7-10(9(2)11(8)13)14-18(16,17)15-12(3,4)5/h6-7,14-15H,13H2,1-5H3. The number of rotatable bonds is 3. The Balaban J connectivity index is 3.03. The van der Waals surface area contributed by atoms with Crippen LogP contribution in [0.25, 0.3) is 0 Å². The maximum Gasteiger partial charge on any atom is 0.299 e. The zero-order chi connectivity index (χ0) is 14.1. The molecule has 0 saturated heterocycles. The van der Waals surface area contributed by atoms with Crippen molar-refractivity contribution in [1.82, 2.24) is 4.72 Å². The molecule has 0 aliphatic rings. The number of hydrogen-bond acceptors (Lipinski definition) is 3. The van der Waals surface area contributed by atoms with E-state index in [9.17, 15) is 8.42 Å². The Labute approximate surface area is 109 Å². The van der Waals surface area contributed by atoms with Gasteiger partial charge in [-0.15, -0.1) is 0 Å². The summed E-state index contributed by atoms with van der Waals surface area (Å²) in [5, 5.41) is 0. The van der Waals surface area contributed by atoms with Gasteiger partial charge in [0.1, 0.15) is 0 Å². The third-order valence-electron chi connectivity index (χ3n) is 2.42. The summed E-state index contributed by atoms with van der Waals surface area (Å²) >= 11 is 0. The average molecular weight is 271 g/mol. The van der Waals surface area contributed by atoms with Crippen LogP contribution in [0.2, 0.25) is 0 Å². The van der Waals surface area contributed by atoms with E-state index in [1.54, 1.807) is 39.8 Å². The molecule has 1 aromatic carbocycles. The minimum atomic E-state index is -3.60. The Morgan fingerprint density at radius 2 is 1.72 bits per heavy atom. The molecule has 0 saturated carbocycles. The van der Waals surface area contributed by atoms with E-state index in [-0.39, 0.29) is 0 Å². The second kappa shape index (κ2) is 4.78. The van der Waals surface area contributed by atoms with Crippen molar-refractivity contribution in [3.8, 4) is 0 Å². The smallest absolute Gasteiger partial charge is 0.299 e. The molecular weight excluding hydrogens is 250 g/mol. The molecule has 1 aromatic rings. The molecular formula is C12H21N3O2S. The van der Waals surface area contributed by atoms with Crippen LogP contribution < -0.4 is 15.2 Å². The molecule has 0 radical (unpaired) electrons. The van der Waals surface area contributed by atoms with Crippen molar-refractivity contribution >= 4 is 21.6 Å². The largest absolute Gasteiger partial charge is 0.398 e. The third kappa shape index (κ3) is 3.89. The van der Waals surface area contributed by atoms with Crippen LogP contribution in [-0.2, 0) is 10.2 Å². The van der Waals surface area contributed by atoms with Crippen molar-refractivity contribution in [1.29, 1.82) is 0 Å². The van der Waals surface area contributed by atoms with Crippen LogP contribution in [0.15, 0.2) is 12.1 Å². The first-order valence-electron chi connectivity index (χ1n) is 5.69. The van der Waals surface area contributed by atoms with E-state index >= 15 is 0 Å². The summed E-state index contributed by atoms with van der Waals surface area (Å²) in [6, 6.07) is 3.50. The highest BCUT2D eigenvalue weighted by Gasteiger charge is 2.20. The molecule has 0 heterocycles. The van der Waals surface area contributed by atoms with Gasteiger partial charge in [-0.3, -0.25) is 4.72 Å². The van der Waals surface area contributed by atoms with Crippen molar-refractivity contribution in [2.75, 3.05) is 10.5 Å². The van der Waals surface area contributed by atoms with Crippen molar-refractivity contribution in [2.45, 2.75) is 40.2 Å². The molecule has 0 bridgehead atoms. The molecule has 0 atom stereocenters. The van der Waals surface area contributed by atoms with Gasteiger partial charge in [0.05, 0.1) is 5.69 Å². The summed E-state index contributed by atoms with van der Waals surface area (Å²) in [5.41, 5.74) is 8.10. The summed E-state index contributed by atoms with van der Waals surface area (Å²) in [6.45, 7) is 9.01. The second-order valence-electron chi connectivity index (χ2n) is 5.43. The zero-order valence-electron chi connectivity index (χ0n) is 11.5. The van der Waals surface area contributed by atoms with E-state index in [0.29, 0.717) is 11.4 Å². The van der Waals surface area contributed by atoms with Gasteiger partial charge in [0.25, 0.3) is 10.2 Å². The molecule has 4 N–H and O–H groups in total. The van der Waals surface area contributed by atoms with Gasteiger partial charge < -0.3 is 5.73 Å². The Bertz CT molecular complexity index is 545. The fourth-order valence-electron chi connectivity index (χ4n) is 1.55. The van der Waals surface area contributed by atoms with E-state index in [0.717, 1.165) is 11.1 Å². The number of nitrogen functional groups attached to an aromatic ring is 1. The van der Waals surface area contributed by atoms with Crippen LogP contribution >= 0.6 is 0 Å². The van der Waals surface area contributed by atoms with Crippen molar-refractivity contribution in [3.63, 3.8) is 0 Å². The molecule has 0 fully saturated rings. The van der Waals surface area contributed by atoms with E-state index in [1.165, 1.54) is 0 Å². The second-order valence-corrected chi connectivity index (χ2v) is 6.84. The van der Waals surface area contributed by atoms with Crippen LogP contribution in [0.1, 0.15) is 31.9 Å². The molecule has 6 heteroatoms. The van der Waals surface area contributed by atoms with Gasteiger partial charge in [-0.05, 0) is 51.8 Å². The SMILES string of the molecule is Cc1ccc(NS(=O)(=O)NC(C)(C)C)c(C)c1N. The van der Waals surface area contributed by atoms with Crippen LogP contribution in [0, 0.1) is 13.8 Å². The molecule has 0 aliphatic heterocycles. The van der Waals surface area contributed by atoms with Crippen LogP contribution in [0.5, 0.6) is 0 Å². The molecule has 0 amide bonds. The van der Waals surface area contributed by atoms with Crippen molar-refractivity contribution in [2.24, 2.45) is 0 Å². The van der Waals surface area contributed by atoms with E-state index in [4.69, 9.17) is 5.73 Å². The van der Waals surface area contributed by atoms with E-state index < -0.39 is 15.7 Å². The summed E-state index contributed by atoms with van der Waals surface area (Å²) in [4.78, 5) is 0. The summed E-state index contributed by atoms with van der Waals surface area (Å²) in [7, 11) is -3.60. The topological polar surface area (TPSA) is 84.2 Å². The first-order chi connectivity index (χ1) is 8.02. The summed E-state index contributed by atoms with van der Waals surface area (Å²) in [6.07, 6.45) is 0. The maximum absolute atomic E-state index is 11.9. The molecule has 0 aliphatic carbocycles. The lowest BCUT2D eigenvalue weighted by Gasteiger charge is -2.22. The number of hydrogen-bond donors (Lipinski definition) is 3. The Kier molecular flexibility index (Phi) is 3.92. The number of anilines is 2. The number of aryl methyl sites for hydroxylation is 1. The van der Waals surface area contributed by atoms with Gasteiger partial charge in [-0.25, -0.2) is 0 Å². The van der Waals surface area contributed by atoms with Gasteiger partial charge in [-0.2, -0.15) is 13.1 Å². The minimum Gasteiger partial charge on any atom is -0.398 e. The quantitative estimate of drug-likeness (QED) is 0.734. The summed E-state index contributed by atoms with van der Waals surface area (Å²) in [5.74, 6) is 0. The lowest BCUT2D eigenvalue weighted by atomic mass is 10.1. The Morgan fingerprint density at radius 3 is 2.22 bits per heavy atom. The lowest BCUT2D eigenvalue weighted by Crippen LogP contribution is -2.43. The van der Waals surface area contributed by atoms with Gasteiger partial charge in [0.15, 0.2) is 0 Å². The molecule has 18 heavy (non-hydrogen) atoms. The molecule has 0 unspecified atom stereocenters.